The third-order valence-corrected chi connectivity index (χ3v) is 2.93. The Kier molecular flexibility index (Phi) is 4.01. The van der Waals surface area contributed by atoms with Crippen LogP contribution in [0.2, 0.25) is 0 Å². The molecule has 3 rings (SSSR count). The third kappa shape index (κ3) is 3.24. The highest BCUT2D eigenvalue weighted by Gasteiger charge is 2.03. The van der Waals surface area contributed by atoms with E-state index in [2.05, 4.69) is 20.6 Å². The van der Waals surface area contributed by atoms with Gasteiger partial charge in [-0.3, -0.25) is 9.78 Å². The van der Waals surface area contributed by atoms with Crippen molar-refractivity contribution in [1.82, 2.24) is 20.2 Å². The number of rotatable bonds is 4. The number of nitrogens with one attached hydrogen (secondary N) is 1. The molecule has 0 aliphatic carbocycles. The van der Waals surface area contributed by atoms with Crippen LogP contribution in [0.5, 0.6) is 0 Å². The maximum absolute atomic E-state index is 11.8. The molecule has 6 heteroatoms. The number of hydrazone groups is 1. The monoisotopic (exact) mass is 291 g/mol. The fourth-order valence-corrected chi connectivity index (χ4v) is 1.85. The molecule has 1 aromatic carbocycles. The van der Waals surface area contributed by atoms with Crippen LogP contribution >= 0.6 is 0 Å². The van der Waals surface area contributed by atoms with Crippen LogP contribution in [0, 0.1) is 0 Å². The van der Waals surface area contributed by atoms with Gasteiger partial charge in [0.25, 0.3) is 5.91 Å². The molecule has 22 heavy (non-hydrogen) atoms. The van der Waals surface area contributed by atoms with Gasteiger partial charge in [0.1, 0.15) is 0 Å². The van der Waals surface area contributed by atoms with Gasteiger partial charge in [0, 0.05) is 24.2 Å². The number of pyridine rings is 1. The Morgan fingerprint density at radius 2 is 2.00 bits per heavy atom. The lowest BCUT2D eigenvalue weighted by Crippen LogP contribution is -2.17. The van der Waals surface area contributed by atoms with Gasteiger partial charge >= 0.3 is 0 Å². The summed E-state index contributed by atoms with van der Waals surface area (Å²) in [5.74, 6) is -0.306. The molecule has 2 heterocycles. The highest BCUT2D eigenvalue weighted by molar-refractivity contribution is 5.94. The molecule has 0 aliphatic rings. The number of carbonyl (C=O) groups excluding carboxylic acids is 1. The van der Waals surface area contributed by atoms with Crippen molar-refractivity contribution >= 4 is 12.1 Å². The molecule has 108 valence electrons. The highest BCUT2D eigenvalue weighted by atomic mass is 16.2. The molecule has 6 nitrogen and oxygen atoms in total. The van der Waals surface area contributed by atoms with E-state index in [4.69, 9.17) is 0 Å². The summed E-state index contributed by atoms with van der Waals surface area (Å²) >= 11 is 0. The summed E-state index contributed by atoms with van der Waals surface area (Å²) in [6.45, 7) is 0. The average molecular weight is 291 g/mol. The Bertz CT molecular complexity index is 781. The molecule has 0 radical (unpaired) electrons. The van der Waals surface area contributed by atoms with Crippen molar-refractivity contribution in [2.75, 3.05) is 0 Å². The summed E-state index contributed by atoms with van der Waals surface area (Å²) < 4.78 is 1.74. The molecule has 0 atom stereocenters. The molecule has 0 saturated heterocycles. The van der Waals surface area contributed by atoms with Gasteiger partial charge in [-0.25, -0.2) is 10.1 Å². The maximum Gasteiger partial charge on any atom is 0.272 e. The molecule has 3 aromatic rings. The summed E-state index contributed by atoms with van der Waals surface area (Å²) in [6, 6.07) is 13.1. The van der Waals surface area contributed by atoms with Gasteiger partial charge in [-0.15, -0.1) is 0 Å². The fourth-order valence-electron chi connectivity index (χ4n) is 1.85. The van der Waals surface area contributed by atoms with Crippen LogP contribution in [0.3, 0.4) is 0 Å². The minimum absolute atomic E-state index is 0.306. The van der Waals surface area contributed by atoms with E-state index in [1.54, 1.807) is 35.4 Å². The van der Waals surface area contributed by atoms with Gasteiger partial charge in [0.05, 0.1) is 23.7 Å². The van der Waals surface area contributed by atoms with Crippen LogP contribution in [0.4, 0.5) is 0 Å². The highest BCUT2D eigenvalue weighted by Crippen LogP contribution is 2.06. The summed E-state index contributed by atoms with van der Waals surface area (Å²) in [5.41, 5.74) is 4.66. The predicted molar refractivity (Wildman–Crippen MR) is 82.9 cm³/mol. The van der Waals surface area contributed by atoms with Gasteiger partial charge in [-0.2, -0.15) is 10.2 Å². The van der Waals surface area contributed by atoms with Crippen LogP contribution < -0.4 is 5.43 Å². The SMILES string of the molecule is O=C(NN=Cc1cnn(-c2ccccc2)c1)c1cccnc1. The Hall–Kier alpha value is -3.28. The maximum atomic E-state index is 11.8. The number of carbonyl (C=O) groups is 1. The first-order valence-corrected chi connectivity index (χ1v) is 6.66. The van der Waals surface area contributed by atoms with Crippen molar-refractivity contribution in [1.29, 1.82) is 0 Å². The largest absolute Gasteiger partial charge is 0.272 e. The van der Waals surface area contributed by atoms with E-state index in [1.165, 1.54) is 6.20 Å². The average Bonchev–Trinajstić information content (AvgIpc) is 3.05. The number of hydrogen-bond acceptors (Lipinski definition) is 4. The normalized spacial score (nSPS) is 10.7. The van der Waals surface area contributed by atoms with Crippen molar-refractivity contribution in [3.05, 3.63) is 78.4 Å². The molecule has 1 amide bonds. The number of hydrogen-bond donors (Lipinski definition) is 1. The van der Waals surface area contributed by atoms with Crippen LogP contribution in [0.15, 0.2) is 72.4 Å². The van der Waals surface area contributed by atoms with E-state index < -0.39 is 0 Å². The molecule has 1 N–H and O–H groups in total. The second-order valence-electron chi connectivity index (χ2n) is 4.49. The van der Waals surface area contributed by atoms with Crippen molar-refractivity contribution in [3.63, 3.8) is 0 Å². The lowest BCUT2D eigenvalue weighted by molar-refractivity contribution is 0.0955. The first-order chi connectivity index (χ1) is 10.8. The molecule has 0 spiro atoms. The van der Waals surface area contributed by atoms with Gasteiger partial charge < -0.3 is 0 Å². The first kappa shape index (κ1) is 13.7. The van der Waals surface area contributed by atoms with E-state index in [1.807, 2.05) is 36.5 Å². The minimum atomic E-state index is -0.306. The smallest absolute Gasteiger partial charge is 0.267 e. The number of para-hydroxylation sites is 1. The molecule has 0 saturated carbocycles. The van der Waals surface area contributed by atoms with Gasteiger partial charge in [-0.1, -0.05) is 18.2 Å². The fraction of sp³-hybridized carbons (Fsp3) is 0. The van der Waals surface area contributed by atoms with Crippen LogP contribution in [-0.4, -0.2) is 26.9 Å². The molecule has 0 fully saturated rings. The Morgan fingerprint density at radius 3 is 2.77 bits per heavy atom. The molecule has 0 aliphatic heterocycles. The van der Waals surface area contributed by atoms with Gasteiger partial charge in [-0.05, 0) is 24.3 Å². The number of benzene rings is 1. The van der Waals surface area contributed by atoms with Crippen LogP contribution in [-0.2, 0) is 0 Å². The molecular formula is C16H13N5O. The van der Waals surface area contributed by atoms with Crippen molar-refractivity contribution in [2.45, 2.75) is 0 Å². The zero-order valence-corrected chi connectivity index (χ0v) is 11.6. The van der Waals surface area contributed by atoms with E-state index in [0.29, 0.717) is 5.56 Å². The first-order valence-electron chi connectivity index (χ1n) is 6.66. The number of amides is 1. The zero-order valence-electron chi connectivity index (χ0n) is 11.6. The van der Waals surface area contributed by atoms with Crippen molar-refractivity contribution in [2.24, 2.45) is 5.10 Å². The second kappa shape index (κ2) is 6.45. The predicted octanol–water partition coefficient (Wildman–Crippen LogP) is 2.03. The summed E-state index contributed by atoms with van der Waals surface area (Å²) in [5, 5.41) is 8.16. The van der Waals surface area contributed by atoms with E-state index in [-0.39, 0.29) is 5.91 Å². The Balaban J connectivity index is 1.64. The second-order valence-corrected chi connectivity index (χ2v) is 4.49. The topological polar surface area (TPSA) is 72.2 Å². The molecular weight excluding hydrogens is 278 g/mol. The van der Waals surface area contributed by atoms with Gasteiger partial charge in [0.15, 0.2) is 0 Å². The van der Waals surface area contributed by atoms with E-state index >= 15 is 0 Å². The summed E-state index contributed by atoms with van der Waals surface area (Å²) in [6.07, 6.45) is 8.14. The van der Waals surface area contributed by atoms with Crippen LogP contribution in [0.25, 0.3) is 5.69 Å². The van der Waals surface area contributed by atoms with E-state index in [0.717, 1.165) is 11.3 Å². The molecule has 0 unspecified atom stereocenters. The lowest BCUT2D eigenvalue weighted by atomic mass is 10.3. The van der Waals surface area contributed by atoms with Gasteiger partial charge in [0.2, 0.25) is 0 Å². The summed E-state index contributed by atoms with van der Waals surface area (Å²) in [7, 11) is 0. The number of nitrogens with zero attached hydrogens (tertiary/aromatic N) is 4. The molecule has 2 aromatic heterocycles. The number of aromatic nitrogens is 3. The summed E-state index contributed by atoms with van der Waals surface area (Å²) in [4.78, 5) is 15.7. The van der Waals surface area contributed by atoms with E-state index in [9.17, 15) is 4.79 Å². The minimum Gasteiger partial charge on any atom is -0.267 e. The molecule has 0 bridgehead atoms. The Labute approximate surface area is 127 Å². The standard InChI is InChI=1S/C16H13N5O/c22-16(14-5-4-8-17-11-14)20-18-9-13-10-19-21(12-13)15-6-2-1-3-7-15/h1-12H,(H,20,22). The third-order valence-electron chi connectivity index (χ3n) is 2.93. The Morgan fingerprint density at radius 1 is 1.14 bits per heavy atom. The quantitative estimate of drug-likeness (QED) is 0.590. The van der Waals surface area contributed by atoms with Crippen molar-refractivity contribution in [3.8, 4) is 5.69 Å². The lowest BCUT2D eigenvalue weighted by Gasteiger charge is -1.98. The van der Waals surface area contributed by atoms with Crippen LogP contribution in [0.1, 0.15) is 15.9 Å². The zero-order chi connectivity index (χ0) is 15.2. The van der Waals surface area contributed by atoms with Crippen molar-refractivity contribution < 1.29 is 4.79 Å².